The van der Waals surface area contributed by atoms with E-state index in [1.165, 1.54) is 6.07 Å². The number of rotatable bonds is 20. The van der Waals surface area contributed by atoms with Gasteiger partial charge >= 0.3 is 29.8 Å². The van der Waals surface area contributed by atoms with Gasteiger partial charge in [-0.3, -0.25) is 14.4 Å². The van der Waals surface area contributed by atoms with Gasteiger partial charge in [0, 0.05) is 33.9 Å². The summed E-state index contributed by atoms with van der Waals surface area (Å²) in [6, 6.07) is 17.6. The maximum atomic E-state index is 12.9. The summed E-state index contributed by atoms with van der Waals surface area (Å²) in [4.78, 5) is 65.4. The molecule has 0 amide bonds. The number of aliphatic hydroxyl groups excluding tert-OH is 2. The van der Waals surface area contributed by atoms with Crippen LogP contribution in [0.5, 0.6) is 23.0 Å². The van der Waals surface area contributed by atoms with Crippen LogP contribution in [0, 0.1) is 17.8 Å². The minimum Gasteiger partial charge on any atom is -0.493 e. The largest absolute Gasteiger partial charge is 0.493 e. The molecule has 0 aliphatic rings. The number of aryl methyl sites for hydroxylation is 1. The SMILES string of the molecule is CCC(=O)OCCO.CCC(=O)OCCOC(=O)C(C)(C)CC(C)(C)COc1ccc(C(=O)Oc2ccc(OC(=O)c3ccc(O[N+](C)(C)CO)cc3)c(C)c2)cc1.[W]. The zero-order chi connectivity index (χ0) is 43.5. The normalized spacial score (nSPS) is 11.1. The van der Waals surface area contributed by atoms with E-state index in [2.05, 4.69) is 4.74 Å². The molecule has 0 heterocycles. The van der Waals surface area contributed by atoms with Crippen molar-refractivity contribution in [3.8, 4) is 23.0 Å². The van der Waals surface area contributed by atoms with E-state index in [9.17, 15) is 29.1 Å². The zero-order valence-electron chi connectivity index (χ0n) is 35.4. The third kappa shape index (κ3) is 19.2. The predicted octanol–water partition coefficient (Wildman–Crippen LogP) is 6.00. The molecule has 324 valence electrons. The molecule has 0 saturated carbocycles. The summed E-state index contributed by atoms with van der Waals surface area (Å²) >= 11 is 0. The van der Waals surface area contributed by atoms with E-state index in [0.29, 0.717) is 53.4 Å². The number of nitrogens with zero attached hydrogens (tertiary/aromatic N) is 1. The fourth-order valence-corrected chi connectivity index (χ4v) is 5.23. The molecule has 0 fully saturated rings. The van der Waals surface area contributed by atoms with Crippen LogP contribution in [0.1, 0.15) is 87.1 Å². The standard InChI is InChI=1S/C38H48NO11.C5H10O3.W/c1-9-33(41)45-20-21-46-36(44)38(5,6)23-37(3,4)24-47-29-14-10-27(11-15-29)34(42)48-31-18-19-32(26(2)22-31)49-35(43)28-12-16-30(17-13-28)50-39(7,8)25-40;1-2-5(7)8-4-3-6;/h10-19,22,40H,9,20-21,23-25H2,1-8H3;6H,2-4H2,1H3;/q+1;;. The summed E-state index contributed by atoms with van der Waals surface area (Å²) in [7, 11) is 3.38. The molecule has 3 aromatic carbocycles. The van der Waals surface area contributed by atoms with Crippen molar-refractivity contribution in [1.82, 2.24) is 0 Å². The first-order chi connectivity index (χ1) is 27.2. The molecule has 59 heavy (non-hydrogen) atoms. The van der Waals surface area contributed by atoms with Crippen molar-refractivity contribution in [2.24, 2.45) is 10.8 Å². The van der Waals surface area contributed by atoms with Crippen LogP contribution in [-0.4, -0.2) is 98.6 Å². The van der Waals surface area contributed by atoms with Gasteiger partial charge in [-0.1, -0.05) is 27.7 Å². The van der Waals surface area contributed by atoms with E-state index in [1.54, 1.807) is 109 Å². The number of benzene rings is 3. The summed E-state index contributed by atoms with van der Waals surface area (Å²) in [5.41, 5.74) is 0.0158. The molecule has 2 N–H and O–H groups in total. The van der Waals surface area contributed by atoms with E-state index in [0.717, 1.165) is 0 Å². The summed E-state index contributed by atoms with van der Waals surface area (Å²) in [5, 5.41) is 17.5. The van der Waals surface area contributed by atoms with Gasteiger partial charge in [0.2, 0.25) is 6.73 Å². The summed E-state index contributed by atoms with van der Waals surface area (Å²) in [5.74, 6) is -0.515. The number of hydroxylamine groups is 3. The Morgan fingerprint density at radius 2 is 1.15 bits per heavy atom. The van der Waals surface area contributed by atoms with Crippen LogP contribution in [0.2, 0.25) is 0 Å². The number of hydrogen-bond acceptors (Lipinski definition) is 14. The monoisotopic (exact) mass is 996 g/mol. The first kappa shape index (κ1) is 52.2. The Morgan fingerprint density at radius 1 is 0.661 bits per heavy atom. The number of quaternary nitrogens is 1. The van der Waals surface area contributed by atoms with E-state index in [1.807, 2.05) is 13.8 Å². The average molecular weight is 997 g/mol. The number of hydrogen-bond donors (Lipinski definition) is 2. The van der Waals surface area contributed by atoms with Gasteiger partial charge in [0.15, 0.2) is 5.75 Å². The number of aliphatic hydroxyl groups is 2. The summed E-state index contributed by atoms with van der Waals surface area (Å²) in [6.07, 6.45) is 1.11. The smallest absolute Gasteiger partial charge is 0.343 e. The number of carbonyl (C=O) groups is 5. The topological polar surface area (TPSA) is 190 Å². The second kappa shape index (κ2) is 24.9. The van der Waals surface area contributed by atoms with Gasteiger partial charge in [-0.05, 0) is 105 Å². The van der Waals surface area contributed by atoms with Gasteiger partial charge in [0.05, 0.1) is 29.8 Å². The maximum absolute atomic E-state index is 12.9. The van der Waals surface area contributed by atoms with Crippen molar-refractivity contribution in [3.05, 3.63) is 83.4 Å². The second-order valence-electron chi connectivity index (χ2n) is 15.1. The molecular formula is C43H58NO14W+. The van der Waals surface area contributed by atoms with Gasteiger partial charge in [0.1, 0.15) is 51.2 Å². The Kier molecular flexibility index (Phi) is 22.1. The third-order valence-electron chi connectivity index (χ3n) is 8.05. The first-order valence-corrected chi connectivity index (χ1v) is 18.9. The van der Waals surface area contributed by atoms with Gasteiger partial charge in [-0.2, -0.15) is 0 Å². The second-order valence-corrected chi connectivity index (χ2v) is 15.1. The van der Waals surface area contributed by atoms with Gasteiger partial charge in [-0.25, -0.2) is 9.59 Å². The molecular weight excluding hydrogens is 938 g/mol. The third-order valence-corrected chi connectivity index (χ3v) is 8.05. The van der Waals surface area contributed by atoms with Crippen molar-refractivity contribution >= 4 is 29.8 Å². The van der Waals surface area contributed by atoms with Crippen LogP contribution < -0.4 is 19.0 Å². The van der Waals surface area contributed by atoms with Crippen molar-refractivity contribution in [2.75, 3.05) is 53.9 Å². The minimum absolute atomic E-state index is 0. The Hall–Kier alpha value is -4.82. The Balaban J connectivity index is 0.00000174. The average Bonchev–Trinajstić information content (AvgIpc) is 3.18. The molecule has 0 radical (unpaired) electrons. The van der Waals surface area contributed by atoms with Crippen LogP contribution in [0.3, 0.4) is 0 Å². The molecule has 0 bridgehead atoms. The van der Waals surface area contributed by atoms with Crippen molar-refractivity contribution in [3.63, 3.8) is 0 Å². The number of ether oxygens (including phenoxy) is 6. The number of carbonyl (C=O) groups excluding carboxylic acids is 5. The molecule has 0 saturated heterocycles. The molecule has 0 aliphatic carbocycles. The maximum Gasteiger partial charge on any atom is 0.343 e. The zero-order valence-corrected chi connectivity index (χ0v) is 38.3. The molecule has 16 heteroatoms. The molecule has 0 aliphatic heterocycles. The van der Waals surface area contributed by atoms with Gasteiger partial charge < -0.3 is 43.5 Å². The van der Waals surface area contributed by atoms with Crippen LogP contribution in [0.15, 0.2) is 66.7 Å². The van der Waals surface area contributed by atoms with Crippen molar-refractivity contribution in [2.45, 2.75) is 67.7 Å². The van der Waals surface area contributed by atoms with Crippen LogP contribution in [-0.2, 0) is 49.7 Å². The molecule has 0 atom stereocenters. The Morgan fingerprint density at radius 3 is 1.66 bits per heavy atom. The molecule has 3 aromatic rings. The van der Waals surface area contributed by atoms with E-state index >= 15 is 0 Å². The van der Waals surface area contributed by atoms with Crippen LogP contribution in [0.25, 0.3) is 0 Å². The first-order valence-electron chi connectivity index (χ1n) is 18.9. The Labute approximate surface area is 360 Å². The minimum atomic E-state index is -0.797. The van der Waals surface area contributed by atoms with E-state index in [-0.39, 0.29) is 88.9 Å². The number of esters is 5. The molecule has 15 nitrogen and oxygen atoms in total. The molecule has 0 spiro atoms. The summed E-state index contributed by atoms with van der Waals surface area (Å²) < 4.78 is 31.7. The predicted molar refractivity (Wildman–Crippen MR) is 212 cm³/mol. The van der Waals surface area contributed by atoms with Crippen LogP contribution in [0.4, 0.5) is 0 Å². The quantitative estimate of drug-likeness (QED) is 0.0255. The fraction of sp³-hybridized carbons (Fsp3) is 0.465. The molecule has 0 aromatic heterocycles. The van der Waals surface area contributed by atoms with Crippen molar-refractivity contribution in [1.29, 1.82) is 0 Å². The molecule has 3 rings (SSSR count). The molecule has 0 unspecified atom stereocenters. The van der Waals surface area contributed by atoms with Gasteiger partial charge in [0.25, 0.3) is 0 Å². The summed E-state index contributed by atoms with van der Waals surface area (Å²) in [6.45, 7) is 12.8. The van der Waals surface area contributed by atoms with Gasteiger partial charge in [-0.15, -0.1) is 4.65 Å². The fourth-order valence-electron chi connectivity index (χ4n) is 5.23. The van der Waals surface area contributed by atoms with Crippen LogP contribution >= 0.6 is 0 Å². The van der Waals surface area contributed by atoms with E-state index < -0.39 is 22.8 Å². The Bertz CT molecular complexity index is 1810. The van der Waals surface area contributed by atoms with E-state index in [4.69, 9.17) is 33.6 Å². The van der Waals surface area contributed by atoms with Crippen molar-refractivity contribution < 1.29 is 93.2 Å².